The smallest absolute Gasteiger partial charge is 0.408 e. The van der Waals surface area contributed by atoms with Crippen LogP contribution in [0.1, 0.15) is 73.8 Å². The molecule has 0 bridgehead atoms. The van der Waals surface area contributed by atoms with Crippen LogP contribution < -0.4 is 21.3 Å². The monoisotopic (exact) mass is 719 g/mol. The number of alkyl carbamates (subject to hydrolysis) is 1. The highest BCUT2D eigenvalue weighted by molar-refractivity contribution is 9.10. The van der Waals surface area contributed by atoms with Crippen LogP contribution in [-0.2, 0) is 35.3 Å². The number of halogens is 1. The van der Waals surface area contributed by atoms with Crippen molar-refractivity contribution in [1.82, 2.24) is 26.2 Å². The SMILES string of the molecule is C=CCC(NC(=O)C1C[C@@H](C(C)C)CN1C(=O)[C@@H](NC(=O)OC(C)(C)C)C(C)(C)C)C(=O)C(=O)NCC(=O)NCc1ccc(Br)cc1. The van der Waals surface area contributed by atoms with E-state index in [1.165, 1.54) is 11.0 Å². The summed E-state index contributed by atoms with van der Waals surface area (Å²) >= 11 is 3.35. The number of rotatable bonds is 13. The minimum Gasteiger partial charge on any atom is -0.444 e. The average Bonchev–Trinajstić information content (AvgIpc) is 3.42. The van der Waals surface area contributed by atoms with Gasteiger partial charge in [-0.3, -0.25) is 24.0 Å². The molecule has 1 aliphatic rings. The number of ketones is 1. The number of nitrogens with one attached hydrogen (secondary N) is 4. The van der Waals surface area contributed by atoms with Crippen LogP contribution >= 0.6 is 15.9 Å². The van der Waals surface area contributed by atoms with Gasteiger partial charge in [-0.05, 0) is 68.6 Å². The zero-order chi connectivity index (χ0) is 35.7. The first-order valence-electron chi connectivity index (χ1n) is 15.8. The van der Waals surface area contributed by atoms with Crippen molar-refractivity contribution < 1.29 is 33.5 Å². The third-order valence-electron chi connectivity index (χ3n) is 7.71. The standard InChI is InChI=1S/C34H50BrN5O7/c1-10-11-24(27(42)30(44)37-18-26(41)36-17-21-12-14-23(35)15-13-21)38-29(43)25-16-22(20(2)3)19-40(25)31(45)28(33(4,5)6)39-32(46)47-34(7,8)9/h10,12-15,20,22,24-25,28H,1,11,16-19H2,2-9H3,(H,36,41)(H,37,44)(H,38,43)(H,39,46)/t22-,24?,25?,28-/m1/s1. The first kappa shape index (κ1) is 39.4. The lowest BCUT2D eigenvalue weighted by Gasteiger charge is -2.36. The second kappa shape index (κ2) is 16.9. The van der Waals surface area contributed by atoms with Crippen LogP contribution in [0.15, 0.2) is 41.4 Å². The highest BCUT2D eigenvalue weighted by Crippen LogP contribution is 2.32. The Morgan fingerprint density at radius 3 is 2.15 bits per heavy atom. The van der Waals surface area contributed by atoms with Crippen molar-refractivity contribution in [2.45, 2.75) is 98.5 Å². The van der Waals surface area contributed by atoms with Gasteiger partial charge >= 0.3 is 6.09 Å². The molecule has 260 valence electrons. The first-order chi connectivity index (χ1) is 21.7. The fourth-order valence-corrected chi connectivity index (χ4v) is 5.29. The van der Waals surface area contributed by atoms with Gasteiger partial charge in [0.2, 0.25) is 23.5 Å². The van der Waals surface area contributed by atoms with Crippen molar-refractivity contribution in [3.05, 3.63) is 47.0 Å². The van der Waals surface area contributed by atoms with E-state index < -0.39 is 71.2 Å². The molecule has 2 rings (SSSR count). The molecule has 1 aromatic rings. The quantitative estimate of drug-likeness (QED) is 0.179. The van der Waals surface area contributed by atoms with E-state index in [0.29, 0.717) is 6.42 Å². The van der Waals surface area contributed by atoms with Crippen LogP contribution in [0, 0.1) is 17.3 Å². The molecule has 0 aromatic heterocycles. The van der Waals surface area contributed by atoms with Gasteiger partial charge in [0.1, 0.15) is 23.7 Å². The van der Waals surface area contributed by atoms with Gasteiger partial charge in [0.15, 0.2) is 0 Å². The van der Waals surface area contributed by atoms with Gasteiger partial charge in [-0.2, -0.15) is 0 Å². The molecule has 0 saturated carbocycles. The molecular weight excluding hydrogens is 670 g/mol. The van der Waals surface area contributed by atoms with Crippen LogP contribution in [0.5, 0.6) is 0 Å². The van der Waals surface area contributed by atoms with Crippen molar-refractivity contribution in [2.24, 2.45) is 17.3 Å². The van der Waals surface area contributed by atoms with Gasteiger partial charge in [-0.1, -0.05) is 68.8 Å². The van der Waals surface area contributed by atoms with Gasteiger partial charge in [0.05, 0.1) is 6.54 Å². The predicted molar refractivity (Wildman–Crippen MR) is 182 cm³/mol. The Morgan fingerprint density at radius 2 is 1.62 bits per heavy atom. The molecule has 1 saturated heterocycles. The topological polar surface area (TPSA) is 163 Å². The normalized spacial score (nSPS) is 17.7. The number of amides is 5. The van der Waals surface area contributed by atoms with Gasteiger partial charge in [-0.25, -0.2) is 4.79 Å². The minimum absolute atomic E-state index is 0.0235. The van der Waals surface area contributed by atoms with Crippen LogP contribution in [0.25, 0.3) is 0 Å². The Bertz CT molecular complexity index is 1320. The maximum atomic E-state index is 14.0. The number of carbonyl (C=O) groups is 6. The number of likely N-dealkylation sites (tertiary alicyclic amines) is 1. The van der Waals surface area contributed by atoms with E-state index >= 15 is 0 Å². The van der Waals surface area contributed by atoms with Gasteiger partial charge in [-0.15, -0.1) is 6.58 Å². The summed E-state index contributed by atoms with van der Waals surface area (Å²) in [6.07, 6.45) is 0.928. The lowest BCUT2D eigenvalue weighted by molar-refractivity contribution is -0.144. The molecule has 0 spiro atoms. The molecule has 0 aliphatic carbocycles. The zero-order valence-corrected chi connectivity index (χ0v) is 30.3. The molecular formula is C34H50BrN5O7. The summed E-state index contributed by atoms with van der Waals surface area (Å²) in [5.41, 5.74) is -0.655. The molecule has 47 heavy (non-hydrogen) atoms. The van der Waals surface area contributed by atoms with Crippen LogP contribution in [0.4, 0.5) is 4.79 Å². The van der Waals surface area contributed by atoms with E-state index in [-0.39, 0.29) is 31.3 Å². The predicted octanol–water partition coefficient (Wildman–Crippen LogP) is 3.62. The molecule has 1 heterocycles. The summed E-state index contributed by atoms with van der Waals surface area (Å²) in [4.78, 5) is 80.1. The third-order valence-corrected chi connectivity index (χ3v) is 8.24. The fraction of sp³-hybridized carbons (Fsp3) is 0.588. The molecule has 2 unspecified atom stereocenters. The molecule has 1 aliphatic heterocycles. The van der Waals surface area contributed by atoms with E-state index in [0.717, 1.165) is 10.0 Å². The van der Waals surface area contributed by atoms with E-state index in [9.17, 15) is 28.8 Å². The first-order valence-corrected chi connectivity index (χ1v) is 16.6. The zero-order valence-electron chi connectivity index (χ0n) is 28.7. The number of carbonyl (C=O) groups excluding carboxylic acids is 6. The summed E-state index contributed by atoms with van der Waals surface area (Å²) in [7, 11) is 0. The summed E-state index contributed by atoms with van der Waals surface area (Å²) in [5.74, 6) is -3.42. The Balaban J connectivity index is 2.14. The van der Waals surface area contributed by atoms with Crippen molar-refractivity contribution in [3.8, 4) is 0 Å². The molecule has 1 fully saturated rings. The second-order valence-electron chi connectivity index (χ2n) is 14.2. The number of ether oxygens (including phenoxy) is 1. The van der Waals surface area contributed by atoms with Crippen molar-refractivity contribution in [3.63, 3.8) is 0 Å². The highest BCUT2D eigenvalue weighted by atomic mass is 79.9. The number of hydrogen-bond acceptors (Lipinski definition) is 7. The van der Waals surface area contributed by atoms with Crippen LogP contribution in [-0.4, -0.2) is 77.2 Å². The Morgan fingerprint density at radius 1 is 1.00 bits per heavy atom. The summed E-state index contributed by atoms with van der Waals surface area (Å²) in [6, 6.07) is 4.11. The Hall–Kier alpha value is -3.74. The number of benzene rings is 1. The number of hydrogen-bond donors (Lipinski definition) is 4. The molecule has 0 radical (unpaired) electrons. The van der Waals surface area contributed by atoms with E-state index in [2.05, 4.69) is 43.8 Å². The summed E-state index contributed by atoms with van der Waals surface area (Å²) in [6.45, 7) is 18.3. The average molecular weight is 721 g/mol. The Kier molecular flexibility index (Phi) is 14.2. The van der Waals surface area contributed by atoms with Crippen LogP contribution in [0.3, 0.4) is 0 Å². The van der Waals surface area contributed by atoms with E-state index in [1.54, 1.807) is 41.5 Å². The van der Waals surface area contributed by atoms with E-state index in [1.807, 2.05) is 38.1 Å². The molecule has 5 amide bonds. The molecule has 12 nitrogen and oxygen atoms in total. The minimum atomic E-state index is -1.26. The highest BCUT2D eigenvalue weighted by Gasteiger charge is 2.46. The molecule has 4 N–H and O–H groups in total. The maximum absolute atomic E-state index is 14.0. The molecule has 1 aromatic carbocycles. The Labute approximate surface area is 286 Å². The van der Waals surface area contributed by atoms with Gasteiger partial charge < -0.3 is 30.9 Å². The van der Waals surface area contributed by atoms with E-state index in [4.69, 9.17) is 4.74 Å². The molecule has 13 heteroatoms. The van der Waals surface area contributed by atoms with Crippen molar-refractivity contribution >= 4 is 51.4 Å². The van der Waals surface area contributed by atoms with Crippen LogP contribution in [0.2, 0.25) is 0 Å². The second-order valence-corrected chi connectivity index (χ2v) is 15.1. The summed E-state index contributed by atoms with van der Waals surface area (Å²) < 4.78 is 6.30. The lowest BCUT2D eigenvalue weighted by atomic mass is 9.85. The number of Topliss-reactive ketones (excluding diaryl/α,β-unsaturated/α-hetero) is 1. The fourth-order valence-electron chi connectivity index (χ4n) is 5.02. The number of nitrogens with zero attached hydrogens (tertiary/aromatic N) is 1. The van der Waals surface area contributed by atoms with Gasteiger partial charge in [0, 0.05) is 17.6 Å². The maximum Gasteiger partial charge on any atom is 0.408 e. The van der Waals surface area contributed by atoms with Crippen molar-refractivity contribution in [2.75, 3.05) is 13.1 Å². The third kappa shape index (κ3) is 12.4. The summed E-state index contributed by atoms with van der Waals surface area (Å²) in [5, 5.41) is 10.3. The molecule has 4 atom stereocenters. The van der Waals surface area contributed by atoms with Crippen molar-refractivity contribution in [1.29, 1.82) is 0 Å². The van der Waals surface area contributed by atoms with Gasteiger partial charge in [0.25, 0.3) is 5.91 Å². The lowest BCUT2D eigenvalue weighted by Crippen LogP contribution is -2.59. The largest absolute Gasteiger partial charge is 0.444 e.